The zero-order valence-corrected chi connectivity index (χ0v) is 14.9. The molecule has 0 radical (unpaired) electrons. The van der Waals surface area contributed by atoms with Crippen molar-refractivity contribution in [3.63, 3.8) is 0 Å². The number of amides is 1. The number of hydrogen-bond acceptors (Lipinski definition) is 6. The van der Waals surface area contributed by atoms with Gasteiger partial charge in [-0.25, -0.2) is 4.98 Å². The Hall–Kier alpha value is -3.03. The molecule has 0 N–H and O–H groups in total. The van der Waals surface area contributed by atoms with E-state index in [9.17, 15) is 4.79 Å². The fraction of sp³-hybridized carbons (Fsp3) is 0.389. The van der Waals surface area contributed by atoms with E-state index in [1.165, 1.54) is 4.80 Å². The standard InChI is InChI=1S/C18H21N7O/c1-23(2)17-11-19-10-15(20-17)16-8-5-9-24(16)18(26)12-25-21-13-6-3-4-7-14(13)22-25/h3-4,6-7,10-11,16H,5,8-9,12H2,1-2H3. The molecule has 4 rings (SSSR count). The summed E-state index contributed by atoms with van der Waals surface area (Å²) in [6.45, 7) is 0.851. The first-order valence-electron chi connectivity index (χ1n) is 8.70. The molecule has 0 spiro atoms. The smallest absolute Gasteiger partial charge is 0.246 e. The highest BCUT2D eigenvalue weighted by Crippen LogP contribution is 2.31. The molecule has 1 fully saturated rings. The second-order valence-electron chi connectivity index (χ2n) is 6.66. The maximum atomic E-state index is 12.9. The quantitative estimate of drug-likeness (QED) is 0.711. The van der Waals surface area contributed by atoms with E-state index in [-0.39, 0.29) is 18.5 Å². The molecule has 1 aliphatic heterocycles. The lowest BCUT2D eigenvalue weighted by Gasteiger charge is -2.24. The van der Waals surface area contributed by atoms with E-state index in [0.29, 0.717) is 0 Å². The third-order valence-corrected chi connectivity index (χ3v) is 4.62. The van der Waals surface area contributed by atoms with Crippen LogP contribution in [-0.4, -0.2) is 56.4 Å². The molecule has 8 heteroatoms. The predicted octanol–water partition coefficient (Wildman–Crippen LogP) is 1.65. The summed E-state index contributed by atoms with van der Waals surface area (Å²) in [5.74, 6) is 0.798. The molecule has 1 saturated heterocycles. The van der Waals surface area contributed by atoms with E-state index in [0.717, 1.165) is 41.9 Å². The van der Waals surface area contributed by atoms with Crippen LogP contribution in [0.5, 0.6) is 0 Å². The second-order valence-corrected chi connectivity index (χ2v) is 6.66. The number of carbonyl (C=O) groups is 1. The summed E-state index contributed by atoms with van der Waals surface area (Å²) in [6, 6.07) is 7.57. The van der Waals surface area contributed by atoms with Gasteiger partial charge < -0.3 is 9.80 Å². The maximum Gasteiger partial charge on any atom is 0.246 e. The molecule has 1 aliphatic rings. The van der Waals surface area contributed by atoms with Crippen LogP contribution in [0.4, 0.5) is 5.82 Å². The minimum atomic E-state index is -0.0418. The van der Waals surface area contributed by atoms with Crippen molar-refractivity contribution in [3.05, 3.63) is 42.4 Å². The van der Waals surface area contributed by atoms with Gasteiger partial charge in [0.2, 0.25) is 5.91 Å². The topological polar surface area (TPSA) is 80.0 Å². The van der Waals surface area contributed by atoms with Crippen LogP contribution >= 0.6 is 0 Å². The van der Waals surface area contributed by atoms with Gasteiger partial charge in [-0.1, -0.05) is 12.1 Å². The molecule has 3 aromatic rings. The summed E-state index contributed by atoms with van der Waals surface area (Å²) in [6.07, 6.45) is 5.33. The minimum absolute atomic E-state index is 0.00450. The van der Waals surface area contributed by atoms with E-state index < -0.39 is 0 Å². The first-order chi connectivity index (χ1) is 12.6. The molecule has 1 amide bonds. The maximum absolute atomic E-state index is 12.9. The molecule has 0 aliphatic carbocycles. The molecule has 1 aromatic carbocycles. The van der Waals surface area contributed by atoms with E-state index in [4.69, 9.17) is 0 Å². The average molecular weight is 351 g/mol. The lowest BCUT2D eigenvalue weighted by molar-refractivity contribution is -0.133. The van der Waals surface area contributed by atoms with Gasteiger partial charge in [-0.3, -0.25) is 9.78 Å². The number of fused-ring (bicyclic) bond motifs is 1. The molecular formula is C18H21N7O. The molecule has 8 nitrogen and oxygen atoms in total. The Labute approximate surface area is 151 Å². The van der Waals surface area contributed by atoms with Crippen LogP contribution in [0.25, 0.3) is 11.0 Å². The zero-order chi connectivity index (χ0) is 18.1. The fourth-order valence-corrected chi connectivity index (χ4v) is 3.31. The van der Waals surface area contributed by atoms with Gasteiger partial charge >= 0.3 is 0 Å². The van der Waals surface area contributed by atoms with Crippen LogP contribution in [-0.2, 0) is 11.3 Å². The molecule has 1 unspecified atom stereocenters. The number of rotatable bonds is 4. The van der Waals surface area contributed by atoms with Gasteiger partial charge in [-0.2, -0.15) is 15.0 Å². The van der Waals surface area contributed by atoms with Crippen molar-refractivity contribution in [2.45, 2.75) is 25.4 Å². The SMILES string of the molecule is CN(C)c1cncc(C2CCCN2C(=O)Cn2nc3ccccc3n2)n1. The van der Waals surface area contributed by atoms with Gasteiger partial charge in [0, 0.05) is 20.6 Å². The van der Waals surface area contributed by atoms with Crippen LogP contribution in [0.3, 0.4) is 0 Å². The first kappa shape index (κ1) is 16.4. The van der Waals surface area contributed by atoms with E-state index in [1.54, 1.807) is 12.4 Å². The van der Waals surface area contributed by atoms with E-state index in [1.807, 2.05) is 48.2 Å². The highest BCUT2D eigenvalue weighted by Gasteiger charge is 2.31. The zero-order valence-electron chi connectivity index (χ0n) is 14.9. The summed E-state index contributed by atoms with van der Waals surface area (Å²) in [5, 5.41) is 8.77. The van der Waals surface area contributed by atoms with E-state index >= 15 is 0 Å². The van der Waals surface area contributed by atoms with Gasteiger partial charge in [0.1, 0.15) is 23.4 Å². The third kappa shape index (κ3) is 3.10. The molecule has 1 atom stereocenters. The van der Waals surface area contributed by atoms with Gasteiger partial charge in [0.25, 0.3) is 0 Å². The number of carbonyl (C=O) groups excluding carboxylic acids is 1. The molecular weight excluding hydrogens is 330 g/mol. The Morgan fingerprint density at radius 3 is 2.62 bits per heavy atom. The second kappa shape index (κ2) is 6.70. The number of nitrogens with zero attached hydrogens (tertiary/aromatic N) is 7. The Balaban J connectivity index is 1.54. The summed E-state index contributed by atoms with van der Waals surface area (Å²) in [5.41, 5.74) is 2.42. The molecule has 134 valence electrons. The van der Waals surface area contributed by atoms with Gasteiger partial charge in [0.15, 0.2) is 0 Å². The van der Waals surface area contributed by atoms with Crippen molar-refractivity contribution in [2.75, 3.05) is 25.5 Å². The van der Waals surface area contributed by atoms with Crippen molar-refractivity contribution < 1.29 is 4.79 Å². The van der Waals surface area contributed by atoms with Crippen molar-refractivity contribution in [2.24, 2.45) is 0 Å². The van der Waals surface area contributed by atoms with Gasteiger partial charge in [-0.05, 0) is 25.0 Å². The molecule has 26 heavy (non-hydrogen) atoms. The van der Waals surface area contributed by atoms with Crippen molar-refractivity contribution in [3.8, 4) is 0 Å². The Bertz CT molecular complexity index is 903. The number of likely N-dealkylation sites (tertiary alicyclic amines) is 1. The first-order valence-corrected chi connectivity index (χ1v) is 8.70. The van der Waals surface area contributed by atoms with E-state index in [2.05, 4.69) is 20.2 Å². The predicted molar refractivity (Wildman–Crippen MR) is 97.6 cm³/mol. The summed E-state index contributed by atoms with van der Waals surface area (Å²) >= 11 is 0. The Morgan fingerprint density at radius 2 is 1.92 bits per heavy atom. The number of aromatic nitrogens is 5. The van der Waals surface area contributed by atoms with Crippen molar-refractivity contribution in [1.29, 1.82) is 0 Å². The minimum Gasteiger partial charge on any atom is -0.361 e. The fourth-order valence-electron chi connectivity index (χ4n) is 3.31. The van der Waals surface area contributed by atoms with Crippen LogP contribution in [0, 0.1) is 0 Å². The Kier molecular flexibility index (Phi) is 4.24. The highest BCUT2D eigenvalue weighted by atomic mass is 16.2. The lowest BCUT2D eigenvalue weighted by Crippen LogP contribution is -2.34. The van der Waals surface area contributed by atoms with Gasteiger partial charge in [0.05, 0.1) is 24.1 Å². The summed E-state index contributed by atoms with van der Waals surface area (Å²) < 4.78 is 0. The van der Waals surface area contributed by atoms with Crippen LogP contribution in [0.1, 0.15) is 24.6 Å². The molecule has 0 bridgehead atoms. The van der Waals surface area contributed by atoms with Crippen molar-refractivity contribution >= 4 is 22.8 Å². The number of anilines is 1. The van der Waals surface area contributed by atoms with Crippen LogP contribution in [0.15, 0.2) is 36.7 Å². The van der Waals surface area contributed by atoms with Crippen LogP contribution < -0.4 is 4.90 Å². The monoisotopic (exact) mass is 351 g/mol. The molecule has 0 saturated carbocycles. The third-order valence-electron chi connectivity index (χ3n) is 4.62. The molecule has 2 aromatic heterocycles. The highest BCUT2D eigenvalue weighted by molar-refractivity contribution is 5.78. The Morgan fingerprint density at radius 1 is 1.19 bits per heavy atom. The largest absolute Gasteiger partial charge is 0.361 e. The molecule has 3 heterocycles. The summed E-state index contributed by atoms with van der Waals surface area (Å²) in [7, 11) is 3.86. The van der Waals surface area contributed by atoms with Crippen LogP contribution in [0.2, 0.25) is 0 Å². The van der Waals surface area contributed by atoms with Crippen molar-refractivity contribution in [1.82, 2.24) is 29.9 Å². The lowest BCUT2D eigenvalue weighted by atomic mass is 10.1. The summed E-state index contributed by atoms with van der Waals surface area (Å²) in [4.78, 5) is 27.1. The number of hydrogen-bond donors (Lipinski definition) is 0. The number of benzene rings is 1. The van der Waals surface area contributed by atoms with Gasteiger partial charge in [-0.15, -0.1) is 0 Å². The normalized spacial score (nSPS) is 17.0. The average Bonchev–Trinajstić information content (AvgIpc) is 3.28.